The van der Waals surface area contributed by atoms with Crippen molar-refractivity contribution >= 4 is 11.4 Å². The average Bonchev–Trinajstić information content (AvgIpc) is 2.43. The minimum atomic E-state index is 0.173. The quantitative estimate of drug-likeness (QED) is 0.547. The zero-order valence-electron chi connectivity index (χ0n) is 7.99. The minimum absolute atomic E-state index is 0.173. The average molecular weight is 188 g/mol. The number of fused-ring (bicyclic) bond motifs is 1. The molecule has 0 aliphatic carbocycles. The second-order valence-electron chi connectivity index (χ2n) is 3.30. The number of amidine groups is 1. The third-order valence-corrected chi connectivity index (χ3v) is 2.21. The Kier molecular flexibility index (Phi) is 1.96. The molecule has 0 saturated heterocycles. The van der Waals surface area contributed by atoms with E-state index in [1.807, 2.05) is 35.8 Å². The number of nitrogens with two attached hydrogens (primary N) is 1. The molecule has 0 fully saturated rings. The highest BCUT2D eigenvalue weighted by atomic mass is 15.2. The van der Waals surface area contributed by atoms with E-state index in [-0.39, 0.29) is 5.84 Å². The van der Waals surface area contributed by atoms with Gasteiger partial charge in [-0.25, -0.2) is 4.52 Å². The standard InChI is InChI=1S/C10H12N4/c1-7-8(6-10(11)12)9-4-2-3-5-14(9)13-7/h2-5H,6H2,1H3,(H3,11,12). The lowest BCUT2D eigenvalue weighted by Gasteiger charge is -1.97. The molecule has 2 aromatic rings. The van der Waals surface area contributed by atoms with Crippen LogP contribution in [0.3, 0.4) is 0 Å². The predicted molar refractivity (Wildman–Crippen MR) is 55.5 cm³/mol. The van der Waals surface area contributed by atoms with Gasteiger partial charge >= 0.3 is 0 Å². The van der Waals surface area contributed by atoms with Crippen LogP contribution in [-0.4, -0.2) is 15.4 Å². The lowest BCUT2D eigenvalue weighted by atomic mass is 10.1. The van der Waals surface area contributed by atoms with Crippen LogP contribution in [0.5, 0.6) is 0 Å². The van der Waals surface area contributed by atoms with Crippen molar-refractivity contribution in [2.75, 3.05) is 0 Å². The topological polar surface area (TPSA) is 67.2 Å². The summed E-state index contributed by atoms with van der Waals surface area (Å²) in [7, 11) is 0. The van der Waals surface area contributed by atoms with Gasteiger partial charge in [-0.1, -0.05) is 6.07 Å². The van der Waals surface area contributed by atoms with E-state index in [1.165, 1.54) is 0 Å². The molecule has 0 atom stereocenters. The molecule has 0 bridgehead atoms. The summed E-state index contributed by atoms with van der Waals surface area (Å²) in [5, 5.41) is 11.6. The minimum Gasteiger partial charge on any atom is -0.387 e. The van der Waals surface area contributed by atoms with Crippen molar-refractivity contribution < 1.29 is 0 Å². The summed E-state index contributed by atoms with van der Waals surface area (Å²) < 4.78 is 1.81. The van der Waals surface area contributed by atoms with E-state index >= 15 is 0 Å². The first-order valence-electron chi connectivity index (χ1n) is 4.44. The van der Waals surface area contributed by atoms with Gasteiger partial charge in [0.1, 0.15) is 0 Å². The van der Waals surface area contributed by atoms with Gasteiger partial charge in [0.15, 0.2) is 0 Å². The highest BCUT2D eigenvalue weighted by Gasteiger charge is 2.08. The normalized spacial score (nSPS) is 10.6. The molecule has 14 heavy (non-hydrogen) atoms. The monoisotopic (exact) mass is 188 g/mol. The lowest BCUT2D eigenvalue weighted by Crippen LogP contribution is -2.13. The molecule has 2 heterocycles. The van der Waals surface area contributed by atoms with Gasteiger partial charge in [0.05, 0.1) is 17.0 Å². The zero-order valence-corrected chi connectivity index (χ0v) is 7.99. The van der Waals surface area contributed by atoms with Crippen LogP contribution < -0.4 is 5.73 Å². The van der Waals surface area contributed by atoms with E-state index in [9.17, 15) is 0 Å². The molecule has 0 radical (unpaired) electrons. The van der Waals surface area contributed by atoms with E-state index in [0.717, 1.165) is 16.8 Å². The Hall–Kier alpha value is -1.84. The fraction of sp³-hybridized carbons (Fsp3) is 0.200. The first-order chi connectivity index (χ1) is 6.68. The van der Waals surface area contributed by atoms with Gasteiger partial charge < -0.3 is 5.73 Å². The van der Waals surface area contributed by atoms with Crippen LogP contribution in [0.2, 0.25) is 0 Å². The molecular weight excluding hydrogens is 176 g/mol. The summed E-state index contributed by atoms with van der Waals surface area (Å²) in [4.78, 5) is 0. The van der Waals surface area contributed by atoms with Crippen molar-refractivity contribution in [2.45, 2.75) is 13.3 Å². The maximum atomic E-state index is 7.28. The van der Waals surface area contributed by atoms with Gasteiger partial charge in [-0.2, -0.15) is 5.10 Å². The number of aromatic nitrogens is 2. The van der Waals surface area contributed by atoms with Crippen molar-refractivity contribution in [1.29, 1.82) is 5.41 Å². The van der Waals surface area contributed by atoms with E-state index in [0.29, 0.717) is 6.42 Å². The summed E-state index contributed by atoms with van der Waals surface area (Å²) >= 11 is 0. The third-order valence-electron chi connectivity index (χ3n) is 2.21. The predicted octanol–water partition coefficient (Wildman–Crippen LogP) is 1.12. The SMILES string of the molecule is Cc1nn2ccccc2c1CC(=N)N. The van der Waals surface area contributed by atoms with Gasteiger partial charge in [0, 0.05) is 18.2 Å². The molecule has 4 heteroatoms. The largest absolute Gasteiger partial charge is 0.387 e. The maximum absolute atomic E-state index is 7.28. The molecule has 0 aliphatic heterocycles. The number of pyridine rings is 1. The zero-order chi connectivity index (χ0) is 10.1. The Morgan fingerprint density at radius 1 is 1.57 bits per heavy atom. The Morgan fingerprint density at radius 2 is 2.36 bits per heavy atom. The third kappa shape index (κ3) is 1.35. The molecular formula is C10H12N4. The van der Waals surface area contributed by atoms with Gasteiger partial charge in [-0.05, 0) is 19.1 Å². The van der Waals surface area contributed by atoms with Crippen LogP contribution in [0, 0.1) is 12.3 Å². The van der Waals surface area contributed by atoms with Gasteiger partial charge in [0.2, 0.25) is 0 Å². The summed E-state index contributed by atoms with van der Waals surface area (Å²) in [5.74, 6) is 0.173. The van der Waals surface area contributed by atoms with E-state index < -0.39 is 0 Å². The number of rotatable bonds is 2. The maximum Gasteiger partial charge on any atom is 0.0951 e. The van der Waals surface area contributed by atoms with Crippen LogP contribution in [0.15, 0.2) is 24.4 Å². The number of nitrogens with one attached hydrogen (secondary N) is 1. The number of hydrogen-bond donors (Lipinski definition) is 2. The lowest BCUT2D eigenvalue weighted by molar-refractivity contribution is 0.933. The molecule has 4 nitrogen and oxygen atoms in total. The Bertz CT molecular complexity index is 484. The second-order valence-corrected chi connectivity index (χ2v) is 3.30. The fourth-order valence-corrected chi connectivity index (χ4v) is 1.58. The molecule has 2 rings (SSSR count). The molecule has 0 unspecified atom stereocenters. The smallest absolute Gasteiger partial charge is 0.0951 e. The van der Waals surface area contributed by atoms with E-state index in [2.05, 4.69) is 5.10 Å². The Morgan fingerprint density at radius 3 is 3.07 bits per heavy atom. The Labute approximate surface area is 81.9 Å². The van der Waals surface area contributed by atoms with E-state index in [1.54, 1.807) is 0 Å². The number of aryl methyl sites for hydroxylation is 1. The van der Waals surface area contributed by atoms with Crippen molar-refractivity contribution in [3.05, 3.63) is 35.7 Å². The summed E-state index contributed by atoms with van der Waals surface area (Å²) in [6, 6.07) is 5.87. The van der Waals surface area contributed by atoms with Crippen LogP contribution in [-0.2, 0) is 6.42 Å². The molecule has 0 aromatic carbocycles. The summed E-state index contributed by atoms with van der Waals surface area (Å²) in [5.41, 5.74) is 8.39. The van der Waals surface area contributed by atoms with E-state index in [4.69, 9.17) is 11.1 Å². The summed E-state index contributed by atoms with van der Waals surface area (Å²) in [6.07, 6.45) is 2.37. The van der Waals surface area contributed by atoms with Crippen LogP contribution >= 0.6 is 0 Å². The van der Waals surface area contributed by atoms with Crippen molar-refractivity contribution in [3.8, 4) is 0 Å². The van der Waals surface area contributed by atoms with Gasteiger partial charge in [-0.3, -0.25) is 5.41 Å². The number of nitrogens with zero attached hydrogens (tertiary/aromatic N) is 2. The summed E-state index contributed by atoms with van der Waals surface area (Å²) in [6.45, 7) is 1.94. The molecule has 0 amide bonds. The first-order valence-corrected chi connectivity index (χ1v) is 4.44. The molecule has 0 saturated carbocycles. The van der Waals surface area contributed by atoms with Crippen LogP contribution in [0.4, 0.5) is 0 Å². The van der Waals surface area contributed by atoms with Crippen molar-refractivity contribution in [2.24, 2.45) is 5.73 Å². The van der Waals surface area contributed by atoms with Crippen LogP contribution in [0.1, 0.15) is 11.3 Å². The first kappa shape index (κ1) is 8.74. The Balaban J connectivity index is 2.62. The van der Waals surface area contributed by atoms with Crippen LogP contribution in [0.25, 0.3) is 5.52 Å². The second kappa shape index (κ2) is 3.14. The highest BCUT2D eigenvalue weighted by molar-refractivity contribution is 5.82. The number of hydrogen-bond acceptors (Lipinski definition) is 2. The highest BCUT2D eigenvalue weighted by Crippen LogP contribution is 2.14. The van der Waals surface area contributed by atoms with Gasteiger partial charge in [0.25, 0.3) is 0 Å². The molecule has 0 aliphatic rings. The van der Waals surface area contributed by atoms with Crippen molar-refractivity contribution in [3.63, 3.8) is 0 Å². The molecule has 72 valence electrons. The molecule has 0 spiro atoms. The van der Waals surface area contributed by atoms with Gasteiger partial charge in [-0.15, -0.1) is 0 Å². The fourth-order valence-electron chi connectivity index (χ4n) is 1.58. The molecule has 3 N–H and O–H groups in total. The van der Waals surface area contributed by atoms with Crippen molar-refractivity contribution in [1.82, 2.24) is 9.61 Å². The molecule has 2 aromatic heterocycles.